The maximum absolute atomic E-state index is 12.6. The molecule has 3 aromatic rings. The minimum absolute atomic E-state index is 0.161. The van der Waals surface area contributed by atoms with Gasteiger partial charge in [0.2, 0.25) is 5.91 Å². The number of anilines is 1. The van der Waals surface area contributed by atoms with Gasteiger partial charge in [0, 0.05) is 23.9 Å². The first-order valence-corrected chi connectivity index (χ1v) is 8.66. The van der Waals surface area contributed by atoms with Crippen LogP contribution in [0.4, 0.5) is 5.69 Å². The number of ether oxygens (including phenoxy) is 1. The Morgan fingerprint density at radius 2 is 2.40 bits per heavy atom. The number of aromatic amines is 1. The van der Waals surface area contributed by atoms with Crippen LogP contribution < -0.4 is 15.6 Å². The smallest absolute Gasteiger partial charge is 0.265 e. The number of fused-ring (bicyclic) bond motifs is 2. The van der Waals surface area contributed by atoms with Crippen molar-refractivity contribution in [2.75, 3.05) is 18.2 Å². The number of nitrogens with zero attached hydrogens (tertiary/aromatic N) is 3. The summed E-state index contributed by atoms with van der Waals surface area (Å²) < 4.78 is 6.74. The van der Waals surface area contributed by atoms with E-state index >= 15 is 0 Å². The summed E-state index contributed by atoms with van der Waals surface area (Å²) in [6.07, 6.45) is 1.66. The van der Waals surface area contributed by atoms with Crippen LogP contribution in [0.3, 0.4) is 0 Å². The molecule has 1 atom stereocenters. The molecule has 0 radical (unpaired) electrons. The third kappa shape index (κ3) is 2.86. The number of amides is 1. The van der Waals surface area contributed by atoms with Crippen molar-refractivity contribution in [1.82, 2.24) is 19.7 Å². The zero-order chi connectivity index (χ0) is 17.4. The zero-order valence-corrected chi connectivity index (χ0v) is 14.2. The molecule has 4 rings (SSSR count). The number of aromatic nitrogens is 4. The highest BCUT2D eigenvalue weighted by Crippen LogP contribution is 2.33. The number of rotatable bonds is 4. The Balaban J connectivity index is 1.55. The number of methoxy groups -OCH3 is 1. The normalized spacial score (nSPS) is 16.0. The molecule has 0 aliphatic carbocycles. The number of carbonyl (C=O) groups excluding carboxylic acids is 1. The largest absolute Gasteiger partial charge is 0.497 e. The number of nitrogens with one attached hydrogen (secondary N) is 2. The van der Waals surface area contributed by atoms with E-state index in [0.29, 0.717) is 33.4 Å². The van der Waals surface area contributed by atoms with E-state index in [4.69, 9.17) is 4.74 Å². The van der Waals surface area contributed by atoms with E-state index in [9.17, 15) is 9.59 Å². The van der Waals surface area contributed by atoms with Gasteiger partial charge in [0.1, 0.15) is 11.1 Å². The Kier molecular flexibility index (Phi) is 3.92. The second kappa shape index (κ2) is 6.25. The third-order valence-electron chi connectivity index (χ3n) is 4.03. The van der Waals surface area contributed by atoms with Crippen molar-refractivity contribution >= 4 is 34.4 Å². The van der Waals surface area contributed by atoms with Gasteiger partial charge >= 0.3 is 0 Å². The predicted octanol–water partition coefficient (Wildman–Crippen LogP) is 1.80. The molecule has 0 saturated carbocycles. The van der Waals surface area contributed by atoms with Gasteiger partial charge in [-0.2, -0.15) is 5.10 Å². The highest BCUT2D eigenvalue weighted by Gasteiger charge is 2.28. The number of hydrogen-bond donors (Lipinski definition) is 2. The van der Waals surface area contributed by atoms with Gasteiger partial charge in [-0.25, -0.2) is 4.98 Å². The molecule has 1 unspecified atom stereocenters. The number of H-pyrrole nitrogens is 1. The highest BCUT2D eigenvalue weighted by molar-refractivity contribution is 7.99. The molecule has 1 aromatic carbocycles. The summed E-state index contributed by atoms with van der Waals surface area (Å²) in [6.45, 7) is 0. The lowest BCUT2D eigenvalue weighted by molar-refractivity contribution is -0.116. The predicted molar refractivity (Wildman–Crippen MR) is 94.2 cm³/mol. The van der Waals surface area contributed by atoms with Crippen LogP contribution in [0.15, 0.2) is 40.4 Å². The molecule has 2 aromatic heterocycles. The minimum atomic E-state index is -0.232. The van der Waals surface area contributed by atoms with Crippen LogP contribution in [0.2, 0.25) is 0 Å². The molecule has 9 heteroatoms. The van der Waals surface area contributed by atoms with Gasteiger partial charge < -0.3 is 10.1 Å². The van der Waals surface area contributed by atoms with Gasteiger partial charge in [-0.3, -0.25) is 19.3 Å². The van der Waals surface area contributed by atoms with E-state index in [-0.39, 0.29) is 23.9 Å². The quantitative estimate of drug-likeness (QED) is 0.691. The van der Waals surface area contributed by atoms with Gasteiger partial charge in [-0.05, 0) is 12.1 Å². The Labute approximate surface area is 146 Å². The summed E-state index contributed by atoms with van der Waals surface area (Å²) in [5.74, 6) is 1.14. The van der Waals surface area contributed by atoms with Crippen molar-refractivity contribution in [3.8, 4) is 5.75 Å². The molecule has 0 bridgehead atoms. The molecule has 0 saturated heterocycles. The summed E-state index contributed by atoms with van der Waals surface area (Å²) in [6, 6.07) is 6.92. The van der Waals surface area contributed by atoms with Gasteiger partial charge in [-0.15, -0.1) is 0 Å². The van der Waals surface area contributed by atoms with Gasteiger partial charge in [0.15, 0.2) is 10.8 Å². The molecule has 0 fully saturated rings. The number of thioether (sulfide) groups is 1. The minimum Gasteiger partial charge on any atom is -0.497 e. The van der Waals surface area contributed by atoms with Crippen molar-refractivity contribution in [3.63, 3.8) is 0 Å². The molecule has 2 N–H and O–H groups in total. The molecular formula is C16H15N5O3S. The molecule has 25 heavy (non-hydrogen) atoms. The molecule has 8 nitrogen and oxygen atoms in total. The monoisotopic (exact) mass is 357 g/mol. The molecule has 1 amide bonds. The van der Waals surface area contributed by atoms with Gasteiger partial charge in [-0.1, -0.05) is 17.8 Å². The second-order valence-corrected chi connectivity index (χ2v) is 6.64. The van der Waals surface area contributed by atoms with Crippen LogP contribution in [0.25, 0.3) is 11.0 Å². The molecule has 128 valence electrons. The first-order valence-electron chi connectivity index (χ1n) is 7.68. The molecular weight excluding hydrogens is 342 g/mol. The van der Waals surface area contributed by atoms with Gasteiger partial charge in [0.25, 0.3) is 5.56 Å². The van der Waals surface area contributed by atoms with Crippen molar-refractivity contribution < 1.29 is 9.53 Å². The first-order chi connectivity index (χ1) is 12.2. The third-order valence-corrected chi connectivity index (χ3v) is 5.12. The lowest BCUT2D eigenvalue weighted by Crippen LogP contribution is -2.27. The second-order valence-electron chi connectivity index (χ2n) is 5.65. The van der Waals surface area contributed by atoms with Crippen molar-refractivity contribution in [2.45, 2.75) is 17.6 Å². The number of hydrogen-bond acceptors (Lipinski definition) is 6. The van der Waals surface area contributed by atoms with E-state index in [1.807, 2.05) is 0 Å². The van der Waals surface area contributed by atoms with Crippen molar-refractivity contribution in [3.05, 3.63) is 40.8 Å². The van der Waals surface area contributed by atoms with E-state index in [1.54, 1.807) is 35.9 Å². The standard InChI is InChI=1S/C16H15N5O3S/c1-24-11-4-2-3-9(5-11)18-13(22)6-10-8-25-16-19-14-12(7-17-20-14)15(23)21(10)16/h2-5,7,10H,6,8H2,1H3,(H,17,20)(H,18,22). The summed E-state index contributed by atoms with van der Waals surface area (Å²) in [5.41, 5.74) is 0.967. The highest BCUT2D eigenvalue weighted by atomic mass is 32.2. The zero-order valence-electron chi connectivity index (χ0n) is 13.4. The van der Waals surface area contributed by atoms with Crippen LogP contribution >= 0.6 is 11.8 Å². The van der Waals surface area contributed by atoms with Crippen molar-refractivity contribution in [1.29, 1.82) is 0 Å². The van der Waals surface area contributed by atoms with Crippen LogP contribution in [0.1, 0.15) is 12.5 Å². The molecule has 1 aliphatic rings. The Morgan fingerprint density at radius 3 is 3.24 bits per heavy atom. The molecule has 1 aliphatic heterocycles. The fourth-order valence-corrected chi connectivity index (χ4v) is 3.97. The van der Waals surface area contributed by atoms with E-state index in [0.717, 1.165) is 0 Å². The maximum atomic E-state index is 12.6. The lowest BCUT2D eigenvalue weighted by atomic mass is 10.2. The average molecular weight is 357 g/mol. The molecule has 0 spiro atoms. The Hall–Kier alpha value is -2.81. The van der Waals surface area contributed by atoms with E-state index in [2.05, 4.69) is 20.5 Å². The average Bonchev–Trinajstić information content (AvgIpc) is 3.23. The van der Waals surface area contributed by atoms with Crippen LogP contribution in [-0.2, 0) is 4.79 Å². The van der Waals surface area contributed by atoms with Crippen LogP contribution in [0, 0.1) is 0 Å². The van der Waals surface area contributed by atoms with Crippen LogP contribution in [-0.4, -0.2) is 38.5 Å². The molecule has 3 heterocycles. The number of benzene rings is 1. The fourth-order valence-electron chi connectivity index (χ4n) is 2.83. The van der Waals surface area contributed by atoms with E-state index < -0.39 is 0 Å². The lowest BCUT2D eigenvalue weighted by Gasteiger charge is -2.13. The Bertz CT molecular complexity index is 1010. The summed E-state index contributed by atoms with van der Waals surface area (Å²) in [7, 11) is 1.57. The first kappa shape index (κ1) is 15.7. The van der Waals surface area contributed by atoms with Gasteiger partial charge in [0.05, 0.1) is 19.3 Å². The van der Waals surface area contributed by atoms with Crippen LogP contribution in [0.5, 0.6) is 5.75 Å². The van der Waals surface area contributed by atoms with Crippen molar-refractivity contribution in [2.24, 2.45) is 0 Å². The van der Waals surface area contributed by atoms with E-state index in [1.165, 1.54) is 18.0 Å². The maximum Gasteiger partial charge on any atom is 0.265 e. The number of carbonyl (C=O) groups is 1. The SMILES string of the molecule is COc1cccc(NC(=O)CC2CSc3nc4[nH]ncc4c(=O)n32)c1. The summed E-state index contributed by atoms with van der Waals surface area (Å²) in [5, 5.41) is 10.5. The fraction of sp³-hybridized carbons (Fsp3) is 0.250. The summed E-state index contributed by atoms with van der Waals surface area (Å²) >= 11 is 1.47. The Morgan fingerprint density at radius 1 is 1.52 bits per heavy atom. The summed E-state index contributed by atoms with van der Waals surface area (Å²) in [4.78, 5) is 29.4. The topological polar surface area (TPSA) is 102 Å².